The average Bonchev–Trinajstić information content (AvgIpc) is 3.27. The van der Waals surface area contributed by atoms with Gasteiger partial charge in [-0.2, -0.15) is 5.26 Å². The van der Waals surface area contributed by atoms with Gasteiger partial charge >= 0.3 is 11.8 Å². The molecule has 1 aromatic carbocycles. The van der Waals surface area contributed by atoms with Gasteiger partial charge < -0.3 is 14.8 Å². The predicted octanol–water partition coefficient (Wildman–Crippen LogP) is 1.38. The molecule has 2 heterocycles. The number of aromatic nitrogens is 2. The summed E-state index contributed by atoms with van der Waals surface area (Å²) in [5, 5.41) is 11.4. The summed E-state index contributed by atoms with van der Waals surface area (Å²) in [4.78, 5) is 30.3. The largest absolute Gasteiger partial charge is 0.335 e. The molecule has 3 rings (SSSR count). The molecule has 0 radical (unpaired) electrons. The van der Waals surface area contributed by atoms with Crippen molar-refractivity contribution in [3.63, 3.8) is 0 Å². The molecule has 0 aliphatic carbocycles. The van der Waals surface area contributed by atoms with E-state index in [0.29, 0.717) is 24.3 Å². The van der Waals surface area contributed by atoms with Crippen LogP contribution in [0.1, 0.15) is 18.4 Å². The van der Waals surface area contributed by atoms with Crippen molar-refractivity contribution < 1.29 is 9.59 Å². The number of anilines is 1. The van der Waals surface area contributed by atoms with Crippen molar-refractivity contribution >= 4 is 17.5 Å². The van der Waals surface area contributed by atoms with Crippen molar-refractivity contribution in [3.05, 3.63) is 48.5 Å². The molecule has 1 fully saturated rings. The van der Waals surface area contributed by atoms with Gasteiger partial charge in [0.15, 0.2) is 0 Å². The number of likely N-dealkylation sites (tertiary alicyclic amines) is 1. The maximum absolute atomic E-state index is 12.4. The van der Waals surface area contributed by atoms with Crippen LogP contribution in [0.2, 0.25) is 0 Å². The summed E-state index contributed by atoms with van der Waals surface area (Å²) >= 11 is 0. The Balaban J connectivity index is 1.63. The van der Waals surface area contributed by atoms with Crippen molar-refractivity contribution in [3.8, 4) is 6.07 Å². The molecule has 0 saturated carbocycles. The van der Waals surface area contributed by atoms with Crippen molar-refractivity contribution in [1.29, 1.82) is 5.26 Å². The molecule has 24 heavy (non-hydrogen) atoms. The molecule has 1 aliphatic rings. The lowest BCUT2D eigenvalue weighted by Gasteiger charge is -2.24. The van der Waals surface area contributed by atoms with E-state index in [4.69, 9.17) is 5.26 Å². The van der Waals surface area contributed by atoms with Gasteiger partial charge in [-0.15, -0.1) is 0 Å². The molecule has 0 unspecified atom stereocenters. The third-order valence-corrected chi connectivity index (χ3v) is 4.08. The topological polar surface area (TPSA) is 91.0 Å². The van der Waals surface area contributed by atoms with Crippen LogP contribution in [0.3, 0.4) is 0 Å². The van der Waals surface area contributed by atoms with Gasteiger partial charge in [-0.3, -0.25) is 9.59 Å². The molecular weight excluding hydrogens is 306 g/mol. The van der Waals surface area contributed by atoms with E-state index in [0.717, 1.165) is 12.8 Å². The van der Waals surface area contributed by atoms with E-state index in [9.17, 15) is 9.59 Å². The SMILES string of the molecule is N#Cc1ccc(NC(=O)C(=O)N2CCC[C@H]2Cn2ccnc2)cc1. The van der Waals surface area contributed by atoms with E-state index in [1.807, 2.05) is 16.8 Å². The second-order valence-electron chi connectivity index (χ2n) is 5.70. The zero-order chi connectivity index (χ0) is 16.9. The Morgan fingerprint density at radius 3 is 2.79 bits per heavy atom. The summed E-state index contributed by atoms with van der Waals surface area (Å²) in [6, 6.07) is 8.41. The van der Waals surface area contributed by atoms with Gasteiger partial charge in [0.05, 0.1) is 24.0 Å². The third kappa shape index (κ3) is 3.43. The van der Waals surface area contributed by atoms with Crippen molar-refractivity contribution in [2.75, 3.05) is 11.9 Å². The zero-order valence-corrected chi connectivity index (χ0v) is 13.1. The van der Waals surface area contributed by atoms with Crippen LogP contribution in [0.15, 0.2) is 43.0 Å². The Hall–Kier alpha value is -3.14. The Morgan fingerprint density at radius 2 is 2.12 bits per heavy atom. The molecule has 122 valence electrons. The number of hydrogen-bond donors (Lipinski definition) is 1. The van der Waals surface area contributed by atoms with Crippen LogP contribution in [-0.2, 0) is 16.1 Å². The van der Waals surface area contributed by atoms with Crippen LogP contribution < -0.4 is 5.32 Å². The first-order valence-corrected chi connectivity index (χ1v) is 7.75. The van der Waals surface area contributed by atoms with Gasteiger partial charge in [0.1, 0.15) is 0 Å². The van der Waals surface area contributed by atoms with E-state index in [1.165, 1.54) is 0 Å². The second-order valence-corrected chi connectivity index (χ2v) is 5.70. The second kappa shape index (κ2) is 6.96. The van der Waals surface area contributed by atoms with Crippen molar-refractivity contribution in [1.82, 2.24) is 14.5 Å². The molecule has 1 aromatic heterocycles. The Bertz CT molecular complexity index is 761. The number of carbonyl (C=O) groups excluding carboxylic acids is 2. The zero-order valence-electron chi connectivity index (χ0n) is 13.1. The molecule has 1 aliphatic heterocycles. The summed E-state index contributed by atoms with van der Waals surface area (Å²) in [6.45, 7) is 1.22. The smallest absolute Gasteiger partial charge is 0.313 e. The number of amides is 2. The first-order chi connectivity index (χ1) is 11.7. The quantitative estimate of drug-likeness (QED) is 0.864. The minimum atomic E-state index is -0.655. The number of benzene rings is 1. The van der Waals surface area contributed by atoms with E-state index < -0.39 is 11.8 Å². The number of rotatable bonds is 3. The number of imidazole rings is 1. The first kappa shape index (κ1) is 15.7. The summed E-state index contributed by atoms with van der Waals surface area (Å²) in [5.74, 6) is -1.18. The van der Waals surface area contributed by atoms with Crippen molar-refractivity contribution in [2.45, 2.75) is 25.4 Å². The van der Waals surface area contributed by atoms with Gasteiger partial charge in [0, 0.05) is 31.2 Å². The molecular formula is C17H17N5O2. The Morgan fingerprint density at radius 1 is 1.33 bits per heavy atom. The van der Waals surface area contributed by atoms with Gasteiger partial charge in [0.25, 0.3) is 0 Å². The summed E-state index contributed by atoms with van der Waals surface area (Å²) in [7, 11) is 0. The first-order valence-electron chi connectivity index (χ1n) is 7.75. The van der Waals surface area contributed by atoms with Gasteiger partial charge in [0.2, 0.25) is 0 Å². The molecule has 0 bridgehead atoms. The maximum atomic E-state index is 12.4. The average molecular weight is 323 g/mol. The molecule has 7 nitrogen and oxygen atoms in total. The number of nitriles is 1. The fourth-order valence-corrected chi connectivity index (χ4v) is 2.87. The minimum Gasteiger partial charge on any atom is -0.335 e. The van der Waals surface area contributed by atoms with Crippen molar-refractivity contribution in [2.24, 2.45) is 0 Å². The summed E-state index contributed by atoms with van der Waals surface area (Å²) in [6.07, 6.45) is 7.00. The van der Waals surface area contributed by atoms with E-state index in [1.54, 1.807) is 41.7 Å². The van der Waals surface area contributed by atoms with E-state index in [2.05, 4.69) is 10.3 Å². The number of nitrogens with one attached hydrogen (secondary N) is 1. The molecule has 1 N–H and O–H groups in total. The Labute approximate surface area is 139 Å². The van der Waals surface area contributed by atoms with E-state index >= 15 is 0 Å². The number of hydrogen-bond acceptors (Lipinski definition) is 4. The maximum Gasteiger partial charge on any atom is 0.313 e. The highest BCUT2D eigenvalue weighted by Gasteiger charge is 2.32. The molecule has 1 atom stereocenters. The minimum absolute atomic E-state index is 0.00147. The van der Waals surface area contributed by atoms with Crippen LogP contribution in [0.4, 0.5) is 5.69 Å². The van der Waals surface area contributed by atoms with Crippen LogP contribution >= 0.6 is 0 Å². The highest BCUT2D eigenvalue weighted by molar-refractivity contribution is 6.39. The molecule has 7 heteroatoms. The monoisotopic (exact) mass is 323 g/mol. The highest BCUT2D eigenvalue weighted by Crippen LogP contribution is 2.19. The van der Waals surface area contributed by atoms with Gasteiger partial charge in [-0.05, 0) is 37.1 Å². The lowest BCUT2D eigenvalue weighted by atomic mass is 10.2. The van der Waals surface area contributed by atoms with Gasteiger partial charge in [-0.25, -0.2) is 4.98 Å². The van der Waals surface area contributed by atoms with Crippen LogP contribution in [0, 0.1) is 11.3 Å². The normalized spacial score (nSPS) is 16.6. The highest BCUT2D eigenvalue weighted by atomic mass is 16.2. The Kier molecular flexibility index (Phi) is 4.57. The van der Waals surface area contributed by atoms with Crippen LogP contribution in [0.25, 0.3) is 0 Å². The van der Waals surface area contributed by atoms with E-state index in [-0.39, 0.29) is 6.04 Å². The lowest BCUT2D eigenvalue weighted by molar-refractivity contribution is -0.143. The summed E-state index contributed by atoms with van der Waals surface area (Å²) < 4.78 is 1.91. The van der Waals surface area contributed by atoms with Crippen LogP contribution in [-0.4, -0.2) is 38.9 Å². The standard InChI is InChI=1S/C17H17N5O2/c18-10-13-3-5-14(6-4-13)20-16(23)17(24)22-8-1-2-15(22)11-21-9-7-19-12-21/h3-7,9,12,15H,1-2,8,11H2,(H,20,23)/t15-/m0/s1. The lowest BCUT2D eigenvalue weighted by Crippen LogP contribution is -2.44. The predicted molar refractivity (Wildman–Crippen MR) is 86.7 cm³/mol. The number of nitrogens with zero attached hydrogens (tertiary/aromatic N) is 4. The molecule has 2 aromatic rings. The third-order valence-electron chi connectivity index (χ3n) is 4.08. The van der Waals surface area contributed by atoms with Crippen LogP contribution in [0.5, 0.6) is 0 Å². The molecule has 0 spiro atoms. The molecule has 2 amide bonds. The fraction of sp³-hybridized carbons (Fsp3) is 0.294. The summed E-state index contributed by atoms with van der Waals surface area (Å²) in [5.41, 5.74) is 0.997. The fourth-order valence-electron chi connectivity index (χ4n) is 2.87. The number of carbonyl (C=O) groups is 2. The van der Waals surface area contributed by atoms with Gasteiger partial charge in [-0.1, -0.05) is 0 Å². The molecule has 1 saturated heterocycles.